The molecular weight excluding hydrogens is 198 g/mol. The Kier molecular flexibility index (Phi) is 2.64. The molecular formula is C11H10ClNO. The summed E-state index contributed by atoms with van der Waals surface area (Å²) in [5.74, 6) is 0.315. The number of hydrogen-bond acceptors (Lipinski definition) is 2. The van der Waals surface area contributed by atoms with E-state index in [1.165, 1.54) is 5.57 Å². The molecule has 0 spiro atoms. The molecule has 3 heteroatoms. The SMILES string of the molecule is O=C1CC=C(c2ccc(Cl)nc2)CC1. The molecule has 0 saturated carbocycles. The van der Waals surface area contributed by atoms with E-state index < -0.39 is 0 Å². The van der Waals surface area contributed by atoms with E-state index >= 15 is 0 Å². The molecule has 1 aromatic rings. The summed E-state index contributed by atoms with van der Waals surface area (Å²) in [4.78, 5) is 15.0. The second-order valence-electron chi connectivity index (χ2n) is 3.34. The first-order valence-corrected chi connectivity index (χ1v) is 4.96. The number of halogens is 1. The molecule has 0 radical (unpaired) electrons. The lowest BCUT2D eigenvalue weighted by atomic mass is 9.94. The minimum absolute atomic E-state index is 0.315. The molecule has 0 saturated heterocycles. The molecule has 72 valence electrons. The van der Waals surface area contributed by atoms with Gasteiger partial charge < -0.3 is 0 Å². The monoisotopic (exact) mass is 207 g/mol. The third kappa shape index (κ3) is 2.02. The molecule has 0 bridgehead atoms. The van der Waals surface area contributed by atoms with Crippen molar-refractivity contribution in [3.8, 4) is 0 Å². The largest absolute Gasteiger partial charge is 0.299 e. The number of hydrogen-bond donors (Lipinski definition) is 0. The highest BCUT2D eigenvalue weighted by Gasteiger charge is 2.11. The van der Waals surface area contributed by atoms with Crippen LogP contribution in [-0.2, 0) is 4.79 Å². The standard InChI is InChI=1S/C11H10ClNO/c12-11-6-3-9(7-13-11)8-1-4-10(14)5-2-8/h1,3,6-7H,2,4-5H2. The van der Waals surface area contributed by atoms with E-state index in [4.69, 9.17) is 11.6 Å². The predicted octanol–water partition coefficient (Wildman–Crippen LogP) is 2.87. The Morgan fingerprint density at radius 1 is 1.29 bits per heavy atom. The van der Waals surface area contributed by atoms with E-state index in [9.17, 15) is 4.79 Å². The van der Waals surface area contributed by atoms with E-state index in [1.807, 2.05) is 12.1 Å². The van der Waals surface area contributed by atoms with Crippen molar-refractivity contribution in [1.82, 2.24) is 4.98 Å². The number of aromatic nitrogens is 1. The minimum Gasteiger partial charge on any atom is -0.299 e. The molecule has 1 aliphatic rings. The second kappa shape index (κ2) is 3.93. The second-order valence-corrected chi connectivity index (χ2v) is 3.73. The van der Waals surface area contributed by atoms with Crippen molar-refractivity contribution in [2.24, 2.45) is 0 Å². The summed E-state index contributed by atoms with van der Waals surface area (Å²) in [7, 11) is 0. The fourth-order valence-electron chi connectivity index (χ4n) is 1.54. The molecule has 0 unspecified atom stereocenters. The van der Waals surface area contributed by atoms with Crippen LogP contribution in [0, 0.1) is 0 Å². The molecule has 2 nitrogen and oxygen atoms in total. The number of carbonyl (C=O) groups excluding carboxylic acids is 1. The van der Waals surface area contributed by atoms with E-state index in [1.54, 1.807) is 12.3 Å². The van der Waals surface area contributed by atoms with Crippen molar-refractivity contribution in [2.75, 3.05) is 0 Å². The molecule has 14 heavy (non-hydrogen) atoms. The summed E-state index contributed by atoms with van der Waals surface area (Å²) in [6.07, 6.45) is 5.76. The summed E-state index contributed by atoms with van der Waals surface area (Å²) in [5, 5.41) is 0.501. The Bertz CT molecular complexity index is 381. The molecule has 0 N–H and O–H groups in total. The van der Waals surface area contributed by atoms with Gasteiger partial charge in [-0.1, -0.05) is 23.7 Å². The van der Waals surface area contributed by atoms with E-state index in [0.717, 1.165) is 12.0 Å². The summed E-state index contributed by atoms with van der Waals surface area (Å²) >= 11 is 5.69. The summed E-state index contributed by atoms with van der Waals surface area (Å²) in [6, 6.07) is 3.71. The molecule has 1 aromatic heterocycles. The summed E-state index contributed by atoms with van der Waals surface area (Å²) in [5.41, 5.74) is 2.27. The van der Waals surface area contributed by atoms with Gasteiger partial charge in [0.2, 0.25) is 0 Å². The van der Waals surface area contributed by atoms with E-state index in [0.29, 0.717) is 23.8 Å². The van der Waals surface area contributed by atoms with Crippen LogP contribution in [0.4, 0.5) is 0 Å². The predicted molar refractivity (Wildman–Crippen MR) is 56.1 cm³/mol. The Labute approximate surface area is 87.6 Å². The highest BCUT2D eigenvalue weighted by Crippen LogP contribution is 2.24. The number of rotatable bonds is 1. The lowest BCUT2D eigenvalue weighted by molar-refractivity contribution is -0.118. The normalized spacial score (nSPS) is 16.6. The van der Waals surface area contributed by atoms with Gasteiger partial charge in [0.1, 0.15) is 10.9 Å². The van der Waals surface area contributed by atoms with Gasteiger partial charge in [-0.2, -0.15) is 0 Å². The zero-order valence-corrected chi connectivity index (χ0v) is 8.42. The van der Waals surface area contributed by atoms with Crippen LogP contribution in [0.1, 0.15) is 24.8 Å². The van der Waals surface area contributed by atoms with Gasteiger partial charge in [-0.25, -0.2) is 4.98 Å². The van der Waals surface area contributed by atoms with Crippen LogP contribution in [0.5, 0.6) is 0 Å². The average molecular weight is 208 g/mol. The van der Waals surface area contributed by atoms with Crippen LogP contribution < -0.4 is 0 Å². The van der Waals surface area contributed by atoms with Gasteiger partial charge in [0.05, 0.1) is 0 Å². The van der Waals surface area contributed by atoms with Crippen LogP contribution in [0.2, 0.25) is 5.15 Å². The number of ketones is 1. The Morgan fingerprint density at radius 2 is 2.14 bits per heavy atom. The average Bonchev–Trinajstić information content (AvgIpc) is 2.21. The topological polar surface area (TPSA) is 30.0 Å². The number of nitrogens with zero attached hydrogens (tertiary/aromatic N) is 1. The third-order valence-corrected chi connectivity index (χ3v) is 2.57. The van der Waals surface area contributed by atoms with Gasteiger partial charge in [0, 0.05) is 19.0 Å². The van der Waals surface area contributed by atoms with Crippen molar-refractivity contribution in [3.05, 3.63) is 35.1 Å². The molecule has 0 aromatic carbocycles. The van der Waals surface area contributed by atoms with Crippen molar-refractivity contribution >= 4 is 23.0 Å². The summed E-state index contributed by atoms with van der Waals surface area (Å²) in [6.45, 7) is 0. The quantitative estimate of drug-likeness (QED) is 0.663. The zero-order chi connectivity index (χ0) is 9.97. The lowest BCUT2D eigenvalue weighted by Crippen LogP contribution is -2.03. The molecule has 0 amide bonds. The van der Waals surface area contributed by atoms with E-state index in [2.05, 4.69) is 4.98 Å². The highest BCUT2D eigenvalue weighted by atomic mass is 35.5. The fourth-order valence-corrected chi connectivity index (χ4v) is 1.65. The van der Waals surface area contributed by atoms with Crippen LogP contribution in [0.25, 0.3) is 5.57 Å². The van der Waals surface area contributed by atoms with Crippen molar-refractivity contribution < 1.29 is 4.79 Å². The van der Waals surface area contributed by atoms with E-state index in [-0.39, 0.29) is 0 Å². The van der Waals surface area contributed by atoms with Crippen molar-refractivity contribution in [3.63, 3.8) is 0 Å². The Balaban J connectivity index is 2.23. The molecule has 2 rings (SSSR count). The van der Waals surface area contributed by atoms with Gasteiger partial charge in [-0.3, -0.25) is 4.79 Å². The maximum Gasteiger partial charge on any atom is 0.137 e. The highest BCUT2D eigenvalue weighted by molar-refractivity contribution is 6.29. The number of carbonyl (C=O) groups is 1. The molecule has 0 aliphatic heterocycles. The van der Waals surface area contributed by atoms with Crippen LogP contribution >= 0.6 is 11.6 Å². The van der Waals surface area contributed by atoms with Crippen LogP contribution in [-0.4, -0.2) is 10.8 Å². The maximum atomic E-state index is 11.0. The first-order chi connectivity index (χ1) is 6.75. The van der Waals surface area contributed by atoms with Crippen molar-refractivity contribution in [2.45, 2.75) is 19.3 Å². The minimum atomic E-state index is 0.315. The number of Topliss-reactive ketones (excluding diaryl/α,β-unsaturated/α-hetero) is 1. The number of allylic oxidation sites excluding steroid dienone is 2. The van der Waals surface area contributed by atoms with Gasteiger partial charge in [-0.15, -0.1) is 0 Å². The van der Waals surface area contributed by atoms with Crippen LogP contribution in [0.15, 0.2) is 24.4 Å². The maximum absolute atomic E-state index is 11.0. The molecule has 1 aliphatic carbocycles. The van der Waals surface area contributed by atoms with Gasteiger partial charge in [-0.05, 0) is 23.6 Å². The number of pyridine rings is 1. The first kappa shape index (κ1) is 9.41. The lowest BCUT2D eigenvalue weighted by Gasteiger charge is -2.11. The smallest absolute Gasteiger partial charge is 0.137 e. The first-order valence-electron chi connectivity index (χ1n) is 4.58. The Morgan fingerprint density at radius 3 is 2.71 bits per heavy atom. The van der Waals surface area contributed by atoms with Gasteiger partial charge in [0.25, 0.3) is 0 Å². The molecule has 0 fully saturated rings. The molecule has 0 atom stereocenters. The molecule has 1 heterocycles. The summed E-state index contributed by atoms with van der Waals surface area (Å²) < 4.78 is 0. The van der Waals surface area contributed by atoms with Crippen molar-refractivity contribution in [1.29, 1.82) is 0 Å². The third-order valence-electron chi connectivity index (χ3n) is 2.35. The zero-order valence-electron chi connectivity index (χ0n) is 7.66. The Hall–Kier alpha value is -1.15. The van der Waals surface area contributed by atoms with Gasteiger partial charge in [0.15, 0.2) is 0 Å². The van der Waals surface area contributed by atoms with Gasteiger partial charge >= 0.3 is 0 Å². The van der Waals surface area contributed by atoms with Crippen LogP contribution in [0.3, 0.4) is 0 Å². The fraction of sp³-hybridized carbons (Fsp3) is 0.273.